The van der Waals surface area contributed by atoms with Gasteiger partial charge in [-0.05, 0) is 26.7 Å². The summed E-state index contributed by atoms with van der Waals surface area (Å²) >= 11 is 0. The molecule has 0 unspecified atom stereocenters. The van der Waals surface area contributed by atoms with E-state index < -0.39 is 7.82 Å². The molecule has 0 radical (unpaired) electrons. The van der Waals surface area contributed by atoms with E-state index in [9.17, 15) is 4.57 Å². The third kappa shape index (κ3) is 8.54. The first-order chi connectivity index (χ1) is 11.1. The zero-order valence-electron chi connectivity index (χ0n) is 14.7. The van der Waals surface area contributed by atoms with Crippen molar-refractivity contribution in [3.8, 4) is 5.88 Å². The highest BCUT2D eigenvalue weighted by atomic mass is 31.2. The second-order valence-electron chi connectivity index (χ2n) is 5.48. The predicted molar refractivity (Wildman–Crippen MR) is 91.8 cm³/mol. The molecule has 0 aliphatic heterocycles. The number of nitrogens with one attached hydrogen (secondary N) is 1. The summed E-state index contributed by atoms with van der Waals surface area (Å²) in [6.07, 6.45) is 9.79. The van der Waals surface area contributed by atoms with Crippen LogP contribution in [-0.4, -0.2) is 23.4 Å². The maximum Gasteiger partial charge on any atom is 0.531 e. The van der Waals surface area contributed by atoms with Crippen molar-refractivity contribution in [1.82, 2.24) is 10.2 Å². The van der Waals surface area contributed by atoms with Gasteiger partial charge in [-0.15, -0.1) is 5.10 Å². The molecule has 1 aromatic rings. The molecular weight excluding hydrogens is 315 g/mol. The van der Waals surface area contributed by atoms with Gasteiger partial charge in [-0.1, -0.05) is 45.4 Å². The molecule has 0 spiro atoms. The van der Waals surface area contributed by atoms with Gasteiger partial charge < -0.3 is 4.52 Å². The highest BCUT2D eigenvalue weighted by molar-refractivity contribution is 7.48. The molecule has 0 aliphatic carbocycles. The van der Waals surface area contributed by atoms with Gasteiger partial charge in [0, 0.05) is 11.8 Å². The Morgan fingerprint density at radius 3 is 2.22 bits per heavy atom. The zero-order chi connectivity index (χ0) is 17.0. The van der Waals surface area contributed by atoms with E-state index in [1.807, 2.05) is 0 Å². The van der Waals surface area contributed by atoms with E-state index in [1.165, 1.54) is 38.5 Å². The number of phosphoric acid groups is 1. The highest BCUT2D eigenvalue weighted by Gasteiger charge is 2.28. The molecule has 1 aromatic heterocycles. The van der Waals surface area contributed by atoms with E-state index in [0.717, 1.165) is 18.5 Å². The number of nitrogens with zero attached hydrogens (tertiary/aromatic N) is 1. The van der Waals surface area contributed by atoms with Gasteiger partial charge in [0.25, 0.3) is 0 Å². The Labute approximate surface area is 139 Å². The highest BCUT2D eigenvalue weighted by Crippen LogP contribution is 2.48. The van der Waals surface area contributed by atoms with Crippen LogP contribution in [0.1, 0.15) is 71.4 Å². The van der Waals surface area contributed by atoms with E-state index in [1.54, 1.807) is 19.9 Å². The first-order valence-corrected chi connectivity index (χ1v) is 10.2. The lowest BCUT2D eigenvalue weighted by Gasteiger charge is -2.14. The fourth-order valence-electron chi connectivity index (χ4n) is 2.31. The first-order valence-electron chi connectivity index (χ1n) is 8.76. The van der Waals surface area contributed by atoms with E-state index in [-0.39, 0.29) is 19.1 Å². The standard InChI is InChI=1S/C16H31N2O4P/c1-4-7-8-9-10-11-12-13-15-14-16(18-17-15)22-23(19,20-5-2)21-6-3/h14H,4-13H2,1-3H3,(H,17,18). The Morgan fingerprint density at radius 1 is 1.00 bits per heavy atom. The van der Waals surface area contributed by atoms with Crippen molar-refractivity contribution in [2.75, 3.05) is 13.2 Å². The zero-order valence-corrected chi connectivity index (χ0v) is 15.6. The Balaban J connectivity index is 2.32. The van der Waals surface area contributed by atoms with Gasteiger partial charge in [-0.3, -0.25) is 14.1 Å². The van der Waals surface area contributed by atoms with Crippen LogP contribution in [0.3, 0.4) is 0 Å². The molecule has 0 fully saturated rings. The number of aryl methyl sites for hydroxylation is 1. The summed E-state index contributed by atoms with van der Waals surface area (Å²) in [6.45, 7) is 6.23. The Kier molecular flexibility index (Phi) is 10.2. The number of hydrogen-bond donors (Lipinski definition) is 1. The van der Waals surface area contributed by atoms with Gasteiger partial charge in [0.1, 0.15) is 0 Å². The molecule has 134 valence electrons. The summed E-state index contributed by atoms with van der Waals surface area (Å²) in [6, 6.07) is 1.77. The number of H-pyrrole nitrogens is 1. The number of unbranched alkanes of at least 4 members (excludes halogenated alkanes) is 6. The van der Waals surface area contributed by atoms with Crippen molar-refractivity contribution in [3.63, 3.8) is 0 Å². The molecule has 0 amide bonds. The average molecular weight is 346 g/mol. The largest absolute Gasteiger partial charge is 0.531 e. The summed E-state index contributed by atoms with van der Waals surface area (Å²) in [4.78, 5) is 0. The third-order valence-corrected chi connectivity index (χ3v) is 5.00. The lowest BCUT2D eigenvalue weighted by atomic mass is 10.1. The molecule has 1 heterocycles. The number of aromatic amines is 1. The lowest BCUT2D eigenvalue weighted by molar-refractivity contribution is 0.166. The van der Waals surface area contributed by atoms with Crippen LogP contribution in [-0.2, 0) is 20.0 Å². The molecule has 0 bridgehead atoms. The smallest absolute Gasteiger partial charge is 0.384 e. The molecule has 6 nitrogen and oxygen atoms in total. The summed E-state index contributed by atoms with van der Waals surface area (Å²) < 4.78 is 27.7. The maximum atomic E-state index is 12.3. The van der Waals surface area contributed by atoms with E-state index in [2.05, 4.69) is 17.1 Å². The van der Waals surface area contributed by atoms with E-state index in [0.29, 0.717) is 0 Å². The summed E-state index contributed by atoms with van der Waals surface area (Å²) in [5, 5.41) is 6.94. The van der Waals surface area contributed by atoms with Crippen molar-refractivity contribution in [2.24, 2.45) is 0 Å². The number of phosphoric ester groups is 1. The predicted octanol–water partition coefficient (Wildman–Crippen LogP) is 5.26. The minimum atomic E-state index is -3.56. The first kappa shape index (κ1) is 20.2. The molecule has 0 atom stereocenters. The fraction of sp³-hybridized carbons (Fsp3) is 0.812. The maximum absolute atomic E-state index is 12.3. The molecule has 23 heavy (non-hydrogen) atoms. The van der Waals surface area contributed by atoms with Crippen LogP contribution in [0.4, 0.5) is 0 Å². The van der Waals surface area contributed by atoms with Crippen LogP contribution in [0.15, 0.2) is 6.07 Å². The lowest BCUT2D eigenvalue weighted by Crippen LogP contribution is -2.02. The van der Waals surface area contributed by atoms with Gasteiger partial charge in [-0.2, -0.15) is 0 Å². The molecule has 7 heteroatoms. The fourth-order valence-corrected chi connectivity index (χ4v) is 3.44. The van der Waals surface area contributed by atoms with Crippen molar-refractivity contribution in [2.45, 2.75) is 72.1 Å². The molecule has 0 aliphatic rings. The second-order valence-corrected chi connectivity index (χ2v) is 7.07. The van der Waals surface area contributed by atoms with Gasteiger partial charge >= 0.3 is 7.82 Å². The van der Waals surface area contributed by atoms with Crippen LogP contribution in [0, 0.1) is 0 Å². The van der Waals surface area contributed by atoms with Gasteiger partial charge in [0.15, 0.2) is 0 Å². The Hall–Kier alpha value is -0.840. The van der Waals surface area contributed by atoms with Crippen LogP contribution in [0.5, 0.6) is 5.88 Å². The van der Waals surface area contributed by atoms with Crippen molar-refractivity contribution in [3.05, 3.63) is 11.8 Å². The minimum Gasteiger partial charge on any atom is -0.384 e. The van der Waals surface area contributed by atoms with E-state index in [4.69, 9.17) is 13.6 Å². The van der Waals surface area contributed by atoms with Crippen LogP contribution in [0.2, 0.25) is 0 Å². The minimum absolute atomic E-state index is 0.257. The summed E-state index contributed by atoms with van der Waals surface area (Å²) in [5.41, 5.74) is 0.980. The summed E-state index contributed by atoms with van der Waals surface area (Å²) in [7, 11) is -3.56. The number of hydrogen-bond acceptors (Lipinski definition) is 5. The van der Waals surface area contributed by atoms with Crippen molar-refractivity contribution >= 4 is 7.82 Å². The van der Waals surface area contributed by atoms with Gasteiger partial charge in [0.2, 0.25) is 5.88 Å². The van der Waals surface area contributed by atoms with Gasteiger partial charge in [-0.25, -0.2) is 4.57 Å². The normalized spacial score (nSPS) is 11.8. The molecule has 0 saturated heterocycles. The van der Waals surface area contributed by atoms with Crippen LogP contribution in [0.25, 0.3) is 0 Å². The third-order valence-electron chi connectivity index (χ3n) is 3.44. The monoisotopic (exact) mass is 346 g/mol. The van der Waals surface area contributed by atoms with Crippen LogP contribution >= 0.6 is 7.82 Å². The number of aromatic nitrogens is 2. The van der Waals surface area contributed by atoms with Crippen LogP contribution < -0.4 is 4.52 Å². The van der Waals surface area contributed by atoms with Crippen molar-refractivity contribution < 1.29 is 18.1 Å². The Morgan fingerprint density at radius 2 is 1.61 bits per heavy atom. The molecule has 1 N–H and O–H groups in total. The Bertz CT molecular complexity index is 455. The molecule has 0 saturated carbocycles. The van der Waals surface area contributed by atoms with Crippen molar-refractivity contribution in [1.29, 1.82) is 0 Å². The van der Waals surface area contributed by atoms with Gasteiger partial charge in [0.05, 0.1) is 13.2 Å². The molecular formula is C16H31N2O4P. The van der Waals surface area contributed by atoms with E-state index >= 15 is 0 Å². The average Bonchev–Trinajstić information content (AvgIpc) is 2.93. The summed E-state index contributed by atoms with van der Waals surface area (Å²) in [5.74, 6) is 0.258. The topological polar surface area (TPSA) is 73.4 Å². The quantitative estimate of drug-likeness (QED) is 0.367. The molecule has 1 rings (SSSR count). The second kappa shape index (κ2) is 11.7. The SMILES string of the molecule is CCCCCCCCCc1cc(OP(=O)(OCC)OCC)n[nH]1. The molecule has 0 aromatic carbocycles. The number of rotatable bonds is 14.